The molecule has 36 heavy (non-hydrogen) atoms. The van der Waals surface area contributed by atoms with E-state index in [4.69, 9.17) is 19.9 Å². The molecule has 0 saturated carbocycles. The third-order valence-electron chi connectivity index (χ3n) is 5.28. The number of ether oxygens (including phenoxy) is 3. The molecule has 0 bridgehead atoms. The van der Waals surface area contributed by atoms with Gasteiger partial charge in [0.05, 0.1) is 31.2 Å². The lowest BCUT2D eigenvalue weighted by Gasteiger charge is -2.28. The Kier molecular flexibility index (Phi) is 10.7. The molecule has 0 spiro atoms. The highest BCUT2D eigenvalue weighted by molar-refractivity contribution is 7.09. The van der Waals surface area contributed by atoms with Crippen molar-refractivity contribution in [3.05, 3.63) is 34.7 Å². The number of amides is 3. The van der Waals surface area contributed by atoms with Gasteiger partial charge in [-0.2, -0.15) is 0 Å². The van der Waals surface area contributed by atoms with Crippen molar-refractivity contribution in [1.29, 1.82) is 0 Å². The number of aromatic nitrogens is 1. The zero-order valence-electron chi connectivity index (χ0n) is 20.2. The predicted octanol–water partition coefficient (Wildman–Crippen LogP) is 2.13. The van der Waals surface area contributed by atoms with Crippen LogP contribution in [0.1, 0.15) is 18.9 Å². The van der Waals surface area contributed by atoms with Crippen LogP contribution in [0.3, 0.4) is 0 Å². The quantitative estimate of drug-likeness (QED) is 0.379. The van der Waals surface area contributed by atoms with Gasteiger partial charge in [-0.15, -0.1) is 11.3 Å². The number of morpholine rings is 1. The van der Waals surface area contributed by atoms with Crippen molar-refractivity contribution in [3.63, 3.8) is 0 Å². The summed E-state index contributed by atoms with van der Waals surface area (Å²) >= 11 is 1.36. The Morgan fingerprint density at radius 2 is 2.06 bits per heavy atom. The van der Waals surface area contributed by atoms with Gasteiger partial charge in [-0.25, -0.2) is 14.6 Å². The lowest BCUT2D eigenvalue weighted by molar-refractivity contribution is -0.141. The molecule has 0 unspecified atom stereocenters. The van der Waals surface area contributed by atoms with E-state index >= 15 is 0 Å². The number of carbonyl (C=O) groups is 3. The minimum Gasteiger partial charge on any atom is -0.465 e. The molecular formula is C23H32N6O6S. The summed E-state index contributed by atoms with van der Waals surface area (Å²) in [6.45, 7) is 6.49. The Hall–Kier alpha value is -3.42. The topological polar surface area (TPSA) is 148 Å². The van der Waals surface area contributed by atoms with E-state index < -0.39 is 12.1 Å². The molecule has 4 N–H and O–H groups in total. The Bertz CT molecular complexity index is 995. The zero-order valence-corrected chi connectivity index (χ0v) is 21.1. The second-order valence-electron chi connectivity index (χ2n) is 7.95. The third kappa shape index (κ3) is 8.98. The molecule has 2 aromatic rings. The number of carbonyl (C=O) groups excluding carboxylic acids is 3. The molecule has 0 radical (unpaired) electrons. The van der Waals surface area contributed by atoms with Crippen molar-refractivity contribution >= 4 is 40.8 Å². The molecule has 2 aromatic heterocycles. The monoisotopic (exact) mass is 520 g/mol. The molecule has 196 valence electrons. The number of nitrogens with zero attached hydrogens (tertiary/aromatic N) is 3. The fourth-order valence-corrected chi connectivity index (χ4v) is 4.13. The number of rotatable bonds is 11. The summed E-state index contributed by atoms with van der Waals surface area (Å²) in [4.78, 5) is 44.6. The second kappa shape index (κ2) is 14.2. The largest absolute Gasteiger partial charge is 0.465 e. The van der Waals surface area contributed by atoms with Crippen molar-refractivity contribution in [2.75, 3.05) is 63.6 Å². The molecular weight excluding hydrogens is 488 g/mol. The number of nitrogen functional groups attached to an aromatic ring is 1. The van der Waals surface area contributed by atoms with E-state index in [0.717, 1.165) is 31.6 Å². The normalized spacial score (nSPS) is 13.6. The van der Waals surface area contributed by atoms with E-state index in [2.05, 4.69) is 20.5 Å². The van der Waals surface area contributed by atoms with Gasteiger partial charge in [-0.3, -0.25) is 15.0 Å². The van der Waals surface area contributed by atoms with E-state index in [1.165, 1.54) is 17.5 Å². The molecule has 3 amide bonds. The van der Waals surface area contributed by atoms with Gasteiger partial charge in [0.25, 0.3) is 0 Å². The van der Waals surface area contributed by atoms with E-state index in [9.17, 15) is 14.4 Å². The summed E-state index contributed by atoms with van der Waals surface area (Å²) in [6.07, 6.45) is 1.59. The van der Waals surface area contributed by atoms with Crippen molar-refractivity contribution in [2.45, 2.75) is 19.9 Å². The van der Waals surface area contributed by atoms with Crippen LogP contribution in [0.4, 0.5) is 21.0 Å². The summed E-state index contributed by atoms with van der Waals surface area (Å²) in [5, 5.41) is 8.58. The first-order chi connectivity index (χ1) is 17.4. The number of thiophene rings is 1. The summed E-state index contributed by atoms with van der Waals surface area (Å²) in [7, 11) is 0. The van der Waals surface area contributed by atoms with Crippen LogP contribution in [0, 0.1) is 0 Å². The second-order valence-corrected chi connectivity index (χ2v) is 8.70. The van der Waals surface area contributed by atoms with Crippen LogP contribution in [-0.4, -0.2) is 85.4 Å². The lowest BCUT2D eigenvalue weighted by atomic mass is 10.2. The van der Waals surface area contributed by atoms with Gasteiger partial charge in [0.1, 0.15) is 6.54 Å². The van der Waals surface area contributed by atoms with Crippen LogP contribution in [0.5, 0.6) is 5.88 Å². The summed E-state index contributed by atoms with van der Waals surface area (Å²) in [6, 6.07) is 2.90. The van der Waals surface area contributed by atoms with Gasteiger partial charge in [0.2, 0.25) is 5.88 Å². The van der Waals surface area contributed by atoms with Crippen LogP contribution >= 0.6 is 11.3 Å². The van der Waals surface area contributed by atoms with Gasteiger partial charge >= 0.3 is 18.1 Å². The van der Waals surface area contributed by atoms with Gasteiger partial charge in [-0.1, -0.05) is 6.07 Å². The zero-order chi connectivity index (χ0) is 25.8. The summed E-state index contributed by atoms with van der Waals surface area (Å²) in [5.74, 6) is -0.388. The molecule has 3 rings (SSSR count). The first-order valence-electron chi connectivity index (χ1n) is 11.7. The summed E-state index contributed by atoms with van der Waals surface area (Å²) in [5.41, 5.74) is 7.42. The number of nitrogens with two attached hydrogens (primary N) is 1. The van der Waals surface area contributed by atoms with Crippen molar-refractivity contribution < 1.29 is 28.6 Å². The first-order valence-corrected chi connectivity index (χ1v) is 12.6. The maximum atomic E-state index is 12.8. The number of hydrogen-bond acceptors (Lipinski definition) is 10. The number of hydrogen-bond donors (Lipinski definition) is 3. The van der Waals surface area contributed by atoms with Crippen LogP contribution in [0.2, 0.25) is 0 Å². The van der Waals surface area contributed by atoms with Crippen LogP contribution in [0.15, 0.2) is 29.1 Å². The number of anilines is 2. The van der Waals surface area contributed by atoms with E-state index in [0.29, 0.717) is 31.1 Å². The summed E-state index contributed by atoms with van der Waals surface area (Å²) < 4.78 is 15.5. The highest BCUT2D eigenvalue weighted by Crippen LogP contribution is 2.23. The molecule has 0 aromatic carbocycles. The van der Waals surface area contributed by atoms with Crippen LogP contribution in [0.25, 0.3) is 0 Å². The molecule has 0 aliphatic carbocycles. The highest BCUT2D eigenvalue weighted by atomic mass is 32.1. The third-order valence-corrected chi connectivity index (χ3v) is 6.04. The predicted molar refractivity (Wildman–Crippen MR) is 135 cm³/mol. The molecule has 1 fully saturated rings. The van der Waals surface area contributed by atoms with Crippen molar-refractivity contribution in [3.8, 4) is 5.88 Å². The van der Waals surface area contributed by atoms with E-state index in [1.54, 1.807) is 34.7 Å². The number of nitrogens with one attached hydrogen (secondary N) is 2. The Morgan fingerprint density at radius 1 is 1.25 bits per heavy atom. The van der Waals surface area contributed by atoms with Crippen LogP contribution < -0.4 is 21.1 Å². The Labute approximate surface area is 213 Å². The first kappa shape index (κ1) is 27.2. The fraction of sp³-hybridized carbons (Fsp3) is 0.478. The van der Waals surface area contributed by atoms with E-state index in [-0.39, 0.29) is 31.6 Å². The van der Waals surface area contributed by atoms with Gasteiger partial charge in [0, 0.05) is 55.7 Å². The molecule has 3 heterocycles. The van der Waals surface area contributed by atoms with Crippen molar-refractivity contribution in [1.82, 2.24) is 20.1 Å². The maximum absolute atomic E-state index is 12.8. The molecule has 1 aliphatic heterocycles. The van der Waals surface area contributed by atoms with Crippen molar-refractivity contribution in [2.24, 2.45) is 0 Å². The Balaban J connectivity index is 1.55. The standard InChI is InChI=1S/C23H32N6O6S/c1-2-34-21(30)13-26-22(31)29(7-3-6-28-8-10-33-11-9-28)14-17-4-5-20(25-12-17)35-23(32)27-19-16-36-15-18(19)24/h4-5,12,15-16H,2-3,6-11,13-14,24H2,1H3,(H,26,31)(H,27,32). The Morgan fingerprint density at radius 3 is 2.72 bits per heavy atom. The average molecular weight is 521 g/mol. The minimum absolute atomic E-state index is 0.107. The highest BCUT2D eigenvalue weighted by Gasteiger charge is 2.17. The molecule has 1 saturated heterocycles. The lowest BCUT2D eigenvalue weighted by Crippen LogP contribution is -2.43. The molecule has 13 heteroatoms. The van der Waals surface area contributed by atoms with Gasteiger partial charge in [0.15, 0.2) is 0 Å². The minimum atomic E-state index is -0.705. The number of pyridine rings is 1. The average Bonchev–Trinajstić information content (AvgIpc) is 3.27. The van der Waals surface area contributed by atoms with Gasteiger partial charge in [-0.05, 0) is 18.9 Å². The van der Waals surface area contributed by atoms with Gasteiger partial charge < -0.3 is 30.2 Å². The molecule has 1 aliphatic rings. The molecule has 12 nitrogen and oxygen atoms in total. The SMILES string of the molecule is CCOC(=O)CNC(=O)N(CCCN1CCOCC1)Cc1ccc(OC(=O)Nc2cscc2N)nc1. The maximum Gasteiger partial charge on any atom is 0.418 e. The van der Waals surface area contributed by atoms with Crippen LogP contribution in [-0.2, 0) is 20.8 Å². The van der Waals surface area contributed by atoms with E-state index in [1.807, 2.05) is 0 Å². The smallest absolute Gasteiger partial charge is 0.418 e. The number of urea groups is 1. The number of esters is 1. The molecule has 0 atom stereocenters. The fourth-order valence-electron chi connectivity index (χ4n) is 3.46.